The number of thiophene rings is 1. The van der Waals surface area contributed by atoms with Crippen molar-refractivity contribution < 1.29 is 9.53 Å². The van der Waals surface area contributed by atoms with Crippen LogP contribution in [0.25, 0.3) is 10.2 Å². The van der Waals surface area contributed by atoms with Crippen LogP contribution in [0, 0.1) is 0 Å². The number of morpholine rings is 1. The molecule has 8 nitrogen and oxygen atoms in total. The first-order valence-corrected chi connectivity index (χ1v) is 10.3. The number of nitrogens with one attached hydrogen (secondary N) is 1. The normalized spacial score (nSPS) is 19.9. The average Bonchev–Trinajstić information content (AvgIpc) is 3.28. The van der Waals surface area contributed by atoms with Gasteiger partial charge in [-0.1, -0.05) is 6.92 Å². The number of anilines is 2. The number of carbonyl (C=O) groups excluding carboxylic acids is 1. The summed E-state index contributed by atoms with van der Waals surface area (Å²) in [5, 5.41) is 8.62. The Morgan fingerprint density at radius 3 is 2.86 bits per heavy atom. The maximum absolute atomic E-state index is 12.6. The van der Waals surface area contributed by atoms with Crippen LogP contribution in [0.4, 0.5) is 11.5 Å². The van der Waals surface area contributed by atoms with E-state index >= 15 is 0 Å². The number of aryl methyl sites for hydroxylation is 1. The van der Waals surface area contributed by atoms with E-state index in [4.69, 9.17) is 4.74 Å². The second kappa shape index (κ2) is 7.84. The van der Waals surface area contributed by atoms with Crippen LogP contribution in [0.2, 0.25) is 0 Å². The fourth-order valence-corrected chi connectivity index (χ4v) is 4.39. The van der Waals surface area contributed by atoms with Gasteiger partial charge in [0.2, 0.25) is 5.91 Å². The maximum Gasteiger partial charge on any atom is 0.244 e. The predicted octanol–water partition coefficient (Wildman–Crippen LogP) is 2.83. The SMILES string of the molecule is CCc1cc2c(Nc3cnn(CC(=O)N4CC(C)OC(C)C4)c3)ncnc2s1. The highest BCUT2D eigenvalue weighted by molar-refractivity contribution is 7.18. The molecule has 4 rings (SSSR count). The number of ether oxygens (including phenoxy) is 1. The van der Waals surface area contributed by atoms with Gasteiger partial charge in [-0.15, -0.1) is 11.3 Å². The van der Waals surface area contributed by atoms with E-state index in [1.807, 2.05) is 24.9 Å². The molecule has 0 bridgehead atoms. The maximum atomic E-state index is 12.6. The Bertz CT molecular complexity index is 974. The summed E-state index contributed by atoms with van der Waals surface area (Å²) in [4.78, 5) is 25.4. The van der Waals surface area contributed by atoms with Crippen LogP contribution in [0.3, 0.4) is 0 Å². The van der Waals surface area contributed by atoms with Crippen LogP contribution in [-0.2, 0) is 22.5 Å². The number of nitrogens with zero attached hydrogens (tertiary/aromatic N) is 5. The smallest absolute Gasteiger partial charge is 0.244 e. The first-order chi connectivity index (χ1) is 13.5. The van der Waals surface area contributed by atoms with Gasteiger partial charge in [0.15, 0.2) is 0 Å². The molecule has 0 radical (unpaired) electrons. The zero-order valence-corrected chi connectivity index (χ0v) is 17.1. The minimum atomic E-state index is 0.0477. The average molecular weight is 401 g/mol. The second-order valence-corrected chi connectivity index (χ2v) is 8.23. The Hall–Kier alpha value is -2.52. The number of rotatable bonds is 5. The van der Waals surface area contributed by atoms with Crippen LogP contribution >= 0.6 is 11.3 Å². The summed E-state index contributed by atoms with van der Waals surface area (Å²) in [6.07, 6.45) is 6.18. The zero-order valence-electron chi connectivity index (χ0n) is 16.3. The zero-order chi connectivity index (χ0) is 19.7. The minimum Gasteiger partial charge on any atom is -0.372 e. The number of fused-ring (bicyclic) bond motifs is 1. The van der Waals surface area contributed by atoms with Gasteiger partial charge < -0.3 is 15.0 Å². The van der Waals surface area contributed by atoms with Gasteiger partial charge in [-0.25, -0.2) is 9.97 Å². The van der Waals surface area contributed by atoms with E-state index in [2.05, 4.69) is 33.4 Å². The van der Waals surface area contributed by atoms with E-state index in [1.165, 1.54) is 4.88 Å². The van der Waals surface area contributed by atoms with Crippen molar-refractivity contribution in [3.63, 3.8) is 0 Å². The first-order valence-electron chi connectivity index (χ1n) is 9.48. The van der Waals surface area contributed by atoms with Gasteiger partial charge in [-0.3, -0.25) is 9.48 Å². The molecule has 0 spiro atoms. The monoisotopic (exact) mass is 400 g/mol. The molecule has 0 saturated carbocycles. The van der Waals surface area contributed by atoms with Gasteiger partial charge in [0.1, 0.15) is 23.5 Å². The number of hydrogen-bond donors (Lipinski definition) is 1. The molecule has 0 aromatic carbocycles. The van der Waals surface area contributed by atoms with Crippen molar-refractivity contribution in [2.45, 2.75) is 45.9 Å². The fraction of sp³-hybridized carbons (Fsp3) is 0.474. The van der Waals surface area contributed by atoms with Crippen LogP contribution < -0.4 is 5.32 Å². The third-order valence-electron chi connectivity index (χ3n) is 4.69. The van der Waals surface area contributed by atoms with Crippen molar-refractivity contribution in [3.05, 3.63) is 29.7 Å². The standard InChI is InChI=1S/C19H24N6O2S/c1-4-15-5-16-18(20-11-21-19(16)28-15)23-14-6-22-25(9-14)10-17(26)24-7-12(2)27-13(3)8-24/h5-6,9,11-13H,4,7-8,10H2,1-3H3,(H,20,21,23). The number of aromatic nitrogens is 4. The van der Waals surface area contributed by atoms with Gasteiger partial charge in [0, 0.05) is 24.2 Å². The Kier molecular flexibility index (Phi) is 5.27. The Morgan fingerprint density at radius 1 is 1.32 bits per heavy atom. The first kappa shape index (κ1) is 18.8. The quantitative estimate of drug-likeness (QED) is 0.709. The molecule has 1 aliphatic heterocycles. The highest BCUT2D eigenvalue weighted by Gasteiger charge is 2.26. The topological polar surface area (TPSA) is 85.2 Å². The van der Waals surface area contributed by atoms with Crippen LogP contribution in [-0.4, -0.2) is 55.9 Å². The van der Waals surface area contributed by atoms with Crippen LogP contribution in [0.1, 0.15) is 25.6 Å². The molecule has 9 heteroatoms. The van der Waals surface area contributed by atoms with E-state index in [-0.39, 0.29) is 24.7 Å². The van der Waals surface area contributed by atoms with E-state index in [9.17, 15) is 4.79 Å². The van der Waals surface area contributed by atoms with Gasteiger partial charge in [-0.05, 0) is 26.3 Å². The van der Waals surface area contributed by atoms with Crippen molar-refractivity contribution in [1.82, 2.24) is 24.6 Å². The Balaban J connectivity index is 1.45. The number of amides is 1. The third-order valence-corrected chi connectivity index (χ3v) is 5.88. The summed E-state index contributed by atoms with van der Waals surface area (Å²) in [7, 11) is 0. The molecule has 2 unspecified atom stereocenters. The van der Waals surface area contributed by atoms with Crippen molar-refractivity contribution in [2.75, 3.05) is 18.4 Å². The molecule has 1 fully saturated rings. The van der Waals surface area contributed by atoms with Gasteiger partial charge in [0.25, 0.3) is 0 Å². The van der Waals surface area contributed by atoms with Crippen molar-refractivity contribution in [1.29, 1.82) is 0 Å². The molecule has 3 aromatic heterocycles. The molecule has 1 N–H and O–H groups in total. The van der Waals surface area contributed by atoms with E-state index in [0.29, 0.717) is 13.1 Å². The molecule has 0 aliphatic carbocycles. The third kappa shape index (κ3) is 4.00. The molecule has 4 heterocycles. The number of carbonyl (C=O) groups is 1. The van der Waals surface area contributed by atoms with Gasteiger partial charge in [0.05, 0.1) is 29.5 Å². The van der Waals surface area contributed by atoms with Crippen molar-refractivity contribution >= 4 is 39.0 Å². The summed E-state index contributed by atoms with van der Waals surface area (Å²) >= 11 is 1.68. The largest absolute Gasteiger partial charge is 0.372 e. The minimum absolute atomic E-state index is 0.0477. The molecule has 28 heavy (non-hydrogen) atoms. The summed E-state index contributed by atoms with van der Waals surface area (Å²) in [5.41, 5.74) is 0.792. The number of hydrogen-bond acceptors (Lipinski definition) is 7. The molecule has 1 aliphatic rings. The molecule has 148 valence electrons. The lowest BCUT2D eigenvalue weighted by Gasteiger charge is -2.35. The summed E-state index contributed by atoms with van der Waals surface area (Å²) in [6.45, 7) is 7.55. The lowest BCUT2D eigenvalue weighted by atomic mass is 10.2. The molecule has 1 saturated heterocycles. The van der Waals surface area contributed by atoms with E-state index in [1.54, 1.807) is 28.5 Å². The summed E-state index contributed by atoms with van der Waals surface area (Å²) in [5.74, 6) is 0.800. The molecule has 1 amide bonds. The van der Waals surface area contributed by atoms with Crippen molar-refractivity contribution in [3.8, 4) is 0 Å². The van der Waals surface area contributed by atoms with E-state index in [0.717, 1.165) is 28.1 Å². The lowest BCUT2D eigenvalue weighted by molar-refractivity contribution is -0.144. The second-order valence-electron chi connectivity index (χ2n) is 7.11. The molecular weight excluding hydrogens is 376 g/mol. The lowest BCUT2D eigenvalue weighted by Crippen LogP contribution is -2.49. The van der Waals surface area contributed by atoms with Crippen LogP contribution in [0.5, 0.6) is 0 Å². The summed E-state index contributed by atoms with van der Waals surface area (Å²) in [6, 6.07) is 2.12. The molecular formula is C19H24N6O2S. The fourth-order valence-electron chi connectivity index (χ4n) is 3.45. The predicted molar refractivity (Wildman–Crippen MR) is 109 cm³/mol. The highest BCUT2D eigenvalue weighted by atomic mass is 32.1. The Morgan fingerprint density at radius 2 is 2.11 bits per heavy atom. The summed E-state index contributed by atoms with van der Waals surface area (Å²) < 4.78 is 7.35. The van der Waals surface area contributed by atoms with E-state index < -0.39 is 0 Å². The highest BCUT2D eigenvalue weighted by Crippen LogP contribution is 2.30. The van der Waals surface area contributed by atoms with Crippen molar-refractivity contribution in [2.24, 2.45) is 0 Å². The van der Waals surface area contributed by atoms with Gasteiger partial charge in [-0.2, -0.15) is 5.10 Å². The van der Waals surface area contributed by atoms with Crippen LogP contribution in [0.15, 0.2) is 24.8 Å². The Labute approximate surface area is 167 Å². The molecule has 2 atom stereocenters. The van der Waals surface area contributed by atoms with Gasteiger partial charge >= 0.3 is 0 Å². The molecule has 3 aromatic rings.